The molecule has 2 heterocycles. The highest BCUT2D eigenvalue weighted by molar-refractivity contribution is 6.33. The average Bonchev–Trinajstić information content (AvgIpc) is 2.36. The maximum Gasteiger partial charge on any atom is 0.338 e. The second-order valence-electron chi connectivity index (χ2n) is 3.57. The van der Waals surface area contributed by atoms with Gasteiger partial charge in [-0.3, -0.25) is 0 Å². The highest BCUT2D eigenvalue weighted by Gasteiger charge is 2.10. The van der Waals surface area contributed by atoms with E-state index >= 15 is 0 Å². The van der Waals surface area contributed by atoms with Gasteiger partial charge in [0.15, 0.2) is 0 Å². The standard InChI is InChI=1S/C12H7Cl3N2O2/c13-9-2-1-7(5-16-9)6-19-12(18)8-3-10(14)17-11(15)4-8/h1-5H,6H2. The van der Waals surface area contributed by atoms with Crippen LogP contribution in [0.5, 0.6) is 0 Å². The van der Waals surface area contributed by atoms with E-state index in [2.05, 4.69) is 9.97 Å². The summed E-state index contributed by atoms with van der Waals surface area (Å²) < 4.78 is 5.10. The first kappa shape index (κ1) is 14.1. The molecule has 0 aliphatic carbocycles. The normalized spacial score (nSPS) is 10.3. The Bertz CT molecular complexity index is 582. The fraction of sp³-hybridized carbons (Fsp3) is 0.0833. The number of carbonyl (C=O) groups is 1. The number of halogens is 3. The van der Waals surface area contributed by atoms with E-state index < -0.39 is 5.97 Å². The first-order valence-electron chi connectivity index (χ1n) is 5.15. The van der Waals surface area contributed by atoms with Crippen LogP contribution in [0.4, 0.5) is 0 Å². The quantitative estimate of drug-likeness (QED) is 0.638. The first-order valence-corrected chi connectivity index (χ1v) is 6.28. The van der Waals surface area contributed by atoms with Crippen molar-refractivity contribution >= 4 is 40.8 Å². The molecule has 7 heteroatoms. The molecule has 0 radical (unpaired) electrons. The Morgan fingerprint density at radius 3 is 2.37 bits per heavy atom. The van der Waals surface area contributed by atoms with E-state index in [0.717, 1.165) is 5.56 Å². The van der Waals surface area contributed by atoms with Crippen molar-refractivity contribution in [1.82, 2.24) is 9.97 Å². The summed E-state index contributed by atoms with van der Waals surface area (Å²) in [7, 11) is 0. The lowest BCUT2D eigenvalue weighted by Crippen LogP contribution is -2.06. The predicted molar refractivity (Wildman–Crippen MR) is 72.6 cm³/mol. The summed E-state index contributed by atoms with van der Waals surface area (Å²) in [6, 6.07) is 6.10. The fourth-order valence-electron chi connectivity index (χ4n) is 1.31. The van der Waals surface area contributed by atoms with Gasteiger partial charge in [0, 0.05) is 11.8 Å². The molecule has 4 nitrogen and oxygen atoms in total. The summed E-state index contributed by atoms with van der Waals surface area (Å²) in [5.41, 5.74) is 0.968. The average molecular weight is 318 g/mol. The van der Waals surface area contributed by atoms with Crippen LogP contribution in [0.3, 0.4) is 0 Å². The zero-order valence-electron chi connectivity index (χ0n) is 9.44. The van der Waals surface area contributed by atoms with Gasteiger partial charge in [-0.2, -0.15) is 0 Å². The summed E-state index contributed by atoms with van der Waals surface area (Å²) in [4.78, 5) is 19.4. The molecule has 2 aromatic rings. The van der Waals surface area contributed by atoms with Crippen LogP contribution in [0.1, 0.15) is 15.9 Å². The zero-order chi connectivity index (χ0) is 13.8. The third kappa shape index (κ3) is 4.06. The molecule has 0 atom stereocenters. The lowest BCUT2D eigenvalue weighted by atomic mass is 10.2. The third-order valence-electron chi connectivity index (χ3n) is 2.16. The topological polar surface area (TPSA) is 52.1 Å². The van der Waals surface area contributed by atoms with Gasteiger partial charge in [-0.05, 0) is 18.2 Å². The van der Waals surface area contributed by atoms with E-state index in [1.54, 1.807) is 12.1 Å². The van der Waals surface area contributed by atoms with E-state index in [0.29, 0.717) is 5.15 Å². The van der Waals surface area contributed by atoms with Crippen LogP contribution in [-0.2, 0) is 11.3 Å². The second kappa shape index (κ2) is 6.19. The second-order valence-corrected chi connectivity index (χ2v) is 4.73. The molecule has 0 spiro atoms. The number of aromatic nitrogens is 2. The van der Waals surface area contributed by atoms with Crippen LogP contribution < -0.4 is 0 Å². The van der Waals surface area contributed by atoms with Gasteiger partial charge in [0.2, 0.25) is 0 Å². The van der Waals surface area contributed by atoms with Gasteiger partial charge < -0.3 is 4.74 Å². The Hall–Kier alpha value is -1.36. The molecule has 2 rings (SSSR count). The largest absolute Gasteiger partial charge is 0.457 e. The van der Waals surface area contributed by atoms with E-state index in [1.807, 2.05) is 0 Å². The monoisotopic (exact) mass is 316 g/mol. The number of esters is 1. The molecular formula is C12H7Cl3N2O2. The van der Waals surface area contributed by atoms with Gasteiger partial charge in [-0.15, -0.1) is 0 Å². The van der Waals surface area contributed by atoms with Crippen molar-refractivity contribution in [3.63, 3.8) is 0 Å². The lowest BCUT2D eigenvalue weighted by Gasteiger charge is -2.05. The number of ether oxygens (including phenoxy) is 1. The lowest BCUT2D eigenvalue weighted by molar-refractivity contribution is 0.0472. The van der Waals surface area contributed by atoms with Crippen LogP contribution in [-0.4, -0.2) is 15.9 Å². The number of rotatable bonds is 3. The number of nitrogens with zero attached hydrogens (tertiary/aromatic N) is 2. The highest BCUT2D eigenvalue weighted by Crippen LogP contribution is 2.16. The van der Waals surface area contributed by atoms with Gasteiger partial charge in [-0.25, -0.2) is 14.8 Å². The predicted octanol–water partition coefficient (Wildman–Crippen LogP) is 3.79. The summed E-state index contributed by atoms with van der Waals surface area (Å²) in [6.45, 7) is 0.0839. The summed E-state index contributed by atoms with van der Waals surface area (Å²) >= 11 is 17.1. The molecule has 0 saturated heterocycles. The highest BCUT2D eigenvalue weighted by atomic mass is 35.5. The van der Waals surface area contributed by atoms with Gasteiger partial charge in [0.25, 0.3) is 0 Å². The third-order valence-corrected chi connectivity index (χ3v) is 2.77. The van der Waals surface area contributed by atoms with Crippen molar-refractivity contribution in [2.24, 2.45) is 0 Å². The maximum atomic E-state index is 11.8. The Balaban J connectivity index is 2.03. The molecule has 0 amide bonds. The van der Waals surface area contributed by atoms with Gasteiger partial charge in [-0.1, -0.05) is 40.9 Å². The Morgan fingerprint density at radius 1 is 1.11 bits per heavy atom. The molecule has 0 unspecified atom stereocenters. The number of carbonyl (C=O) groups excluding carboxylic acids is 1. The minimum atomic E-state index is -0.541. The van der Waals surface area contributed by atoms with Crippen molar-refractivity contribution < 1.29 is 9.53 Å². The summed E-state index contributed by atoms with van der Waals surface area (Å²) in [6.07, 6.45) is 1.53. The minimum absolute atomic E-state index is 0.0839. The number of hydrogen-bond donors (Lipinski definition) is 0. The van der Waals surface area contributed by atoms with Crippen LogP contribution in [0.15, 0.2) is 30.5 Å². The SMILES string of the molecule is O=C(OCc1ccc(Cl)nc1)c1cc(Cl)nc(Cl)c1. The number of hydrogen-bond acceptors (Lipinski definition) is 4. The molecule has 0 aromatic carbocycles. The molecule has 2 aromatic heterocycles. The molecule has 0 fully saturated rings. The molecular weight excluding hydrogens is 311 g/mol. The Labute approximate surface area is 124 Å². The van der Waals surface area contributed by atoms with Crippen molar-refractivity contribution in [2.75, 3.05) is 0 Å². The van der Waals surface area contributed by atoms with Crippen molar-refractivity contribution in [3.8, 4) is 0 Å². The smallest absolute Gasteiger partial charge is 0.338 e. The Morgan fingerprint density at radius 2 is 1.79 bits per heavy atom. The van der Waals surface area contributed by atoms with Crippen molar-refractivity contribution in [1.29, 1.82) is 0 Å². The van der Waals surface area contributed by atoms with E-state index in [1.165, 1.54) is 18.3 Å². The number of pyridine rings is 2. The van der Waals surface area contributed by atoms with Crippen molar-refractivity contribution in [3.05, 3.63) is 57.0 Å². The minimum Gasteiger partial charge on any atom is -0.457 e. The molecule has 0 aliphatic rings. The maximum absolute atomic E-state index is 11.8. The molecule has 0 bridgehead atoms. The van der Waals surface area contributed by atoms with Crippen LogP contribution >= 0.6 is 34.8 Å². The van der Waals surface area contributed by atoms with Crippen molar-refractivity contribution in [2.45, 2.75) is 6.61 Å². The van der Waals surface area contributed by atoms with Gasteiger partial charge >= 0.3 is 5.97 Å². The van der Waals surface area contributed by atoms with E-state index in [4.69, 9.17) is 39.5 Å². The molecule has 0 saturated carbocycles. The molecule has 98 valence electrons. The Kier molecular flexibility index (Phi) is 4.58. The van der Waals surface area contributed by atoms with Gasteiger partial charge in [0.05, 0.1) is 5.56 Å². The van der Waals surface area contributed by atoms with Crippen LogP contribution in [0.2, 0.25) is 15.5 Å². The molecule has 0 aliphatic heterocycles. The van der Waals surface area contributed by atoms with E-state index in [-0.39, 0.29) is 22.5 Å². The first-order chi connectivity index (χ1) is 9.04. The van der Waals surface area contributed by atoms with E-state index in [9.17, 15) is 4.79 Å². The molecule has 19 heavy (non-hydrogen) atoms. The fourth-order valence-corrected chi connectivity index (χ4v) is 1.88. The zero-order valence-corrected chi connectivity index (χ0v) is 11.7. The molecule has 0 N–H and O–H groups in total. The van der Waals surface area contributed by atoms with Crippen LogP contribution in [0.25, 0.3) is 0 Å². The van der Waals surface area contributed by atoms with Gasteiger partial charge in [0.1, 0.15) is 22.1 Å². The summed E-state index contributed by atoms with van der Waals surface area (Å²) in [5, 5.41) is 0.642. The van der Waals surface area contributed by atoms with Crippen LogP contribution in [0, 0.1) is 0 Å². The summed E-state index contributed by atoms with van der Waals surface area (Å²) in [5.74, 6) is -0.541.